The summed E-state index contributed by atoms with van der Waals surface area (Å²) in [5.41, 5.74) is 3.32. The predicted octanol–water partition coefficient (Wildman–Crippen LogP) is 8.94. The lowest BCUT2D eigenvalue weighted by Gasteiger charge is -2.27. The van der Waals surface area contributed by atoms with Crippen LogP contribution in [0, 0.1) is 11.8 Å². The largest absolute Gasteiger partial charge is 0.426 e. The zero-order valence-corrected chi connectivity index (χ0v) is 21.6. The lowest BCUT2D eigenvalue weighted by atomic mass is 9.80. The van der Waals surface area contributed by atoms with E-state index in [0.717, 1.165) is 36.4 Å². The first kappa shape index (κ1) is 26.4. The molecule has 3 nitrogen and oxygen atoms in total. The van der Waals surface area contributed by atoms with Crippen molar-refractivity contribution in [2.24, 2.45) is 11.8 Å². The Morgan fingerprint density at radius 2 is 1.50 bits per heavy atom. The number of benzene rings is 1. The summed E-state index contributed by atoms with van der Waals surface area (Å²) >= 11 is 0. The van der Waals surface area contributed by atoms with Crippen LogP contribution in [0.2, 0.25) is 0 Å². The minimum absolute atomic E-state index is 0.0558. The summed E-state index contributed by atoms with van der Waals surface area (Å²) in [5.74, 6) is 1.45. The Labute approximate surface area is 207 Å². The predicted molar refractivity (Wildman–Crippen MR) is 142 cm³/mol. The van der Waals surface area contributed by atoms with Gasteiger partial charge in [0.15, 0.2) is 0 Å². The molecule has 0 bridgehead atoms. The molecule has 34 heavy (non-hydrogen) atoms. The summed E-state index contributed by atoms with van der Waals surface area (Å²) in [4.78, 5) is 17.3. The van der Waals surface area contributed by atoms with Gasteiger partial charge in [0.05, 0.1) is 11.6 Å². The van der Waals surface area contributed by atoms with Gasteiger partial charge in [0.1, 0.15) is 5.75 Å². The smallest absolute Gasteiger partial charge is 0.314 e. The first-order valence-electron chi connectivity index (χ1n) is 14.0. The van der Waals surface area contributed by atoms with Crippen molar-refractivity contribution in [3.05, 3.63) is 48.2 Å². The van der Waals surface area contributed by atoms with Gasteiger partial charge in [-0.3, -0.25) is 9.78 Å². The summed E-state index contributed by atoms with van der Waals surface area (Å²) in [6, 6.07) is 12.1. The number of ether oxygens (including phenoxy) is 1. The molecule has 1 heterocycles. The normalized spacial score (nSPS) is 18.1. The molecule has 2 aromatic rings. The first-order valence-corrected chi connectivity index (χ1v) is 14.0. The Bertz CT molecular complexity index is 820. The Hall–Kier alpha value is -2.16. The Kier molecular flexibility index (Phi) is 11.6. The number of rotatable bonds is 14. The molecule has 3 heteroatoms. The number of hydrogen-bond acceptors (Lipinski definition) is 3. The van der Waals surface area contributed by atoms with Crippen LogP contribution < -0.4 is 4.74 Å². The van der Waals surface area contributed by atoms with Crippen molar-refractivity contribution in [3.63, 3.8) is 0 Å². The van der Waals surface area contributed by atoms with Crippen molar-refractivity contribution in [3.8, 4) is 17.0 Å². The van der Waals surface area contributed by atoms with Crippen LogP contribution >= 0.6 is 0 Å². The fraction of sp³-hybridized carbons (Fsp3) is 0.613. The van der Waals surface area contributed by atoms with Gasteiger partial charge in [-0.1, -0.05) is 77.7 Å². The monoisotopic (exact) mass is 463 g/mol. The van der Waals surface area contributed by atoms with Gasteiger partial charge in [-0.2, -0.15) is 0 Å². The van der Waals surface area contributed by atoms with Gasteiger partial charge in [0, 0.05) is 11.8 Å². The third kappa shape index (κ3) is 8.89. The van der Waals surface area contributed by atoms with Crippen LogP contribution in [0.3, 0.4) is 0 Å². The highest BCUT2D eigenvalue weighted by Gasteiger charge is 2.27. The molecule has 0 atom stereocenters. The summed E-state index contributed by atoms with van der Waals surface area (Å²) < 4.78 is 5.73. The van der Waals surface area contributed by atoms with Gasteiger partial charge in [-0.05, 0) is 80.3 Å². The van der Waals surface area contributed by atoms with Gasteiger partial charge in [-0.15, -0.1) is 0 Å². The number of nitrogens with zero attached hydrogens (tertiary/aromatic N) is 1. The van der Waals surface area contributed by atoms with E-state index in [2.05, 4.69) is 31.0 Å². The number of hydrogen-bond donors (Lipinski definition) is 0. The summed E-state index contributed by atoms with van der Waals surface area (Å²) in [6.45, 7) is 4.50. The topological polar surface area (TPSA) is 39.2 Å². The fourth-order valence-corrected chi connectivity index (χ4v) is 5.12. The van der Waals surface area contributed by atoms with Crippen LogP contribution in [-0.4, -0.2) is 11.0 Å². The van der Waals surface area contributed by atoms with Crippen LogP contribution in [0.4, 0.5) is 0 Å². The molecule has 1 aliphatic carbocycles. The quantitative estimate of drug-likeness (QED) is 0.159. The molecule has 3 rings (SSSR count). The van der Waals surface area contributed by atoms with E-state index in [0.29, 0.717) is 5.75 Å². The van der Waals surface area contributed by atoms with E-state index in [-0.39, 0.29) is 11.9 Å². The lowest BCUT2D eigenvalue weighted by molar-refractivity contribution is -0.140. The molecule has 0 saturated heterocycles. The molecule has 1 aromatic carbocycles. The number of carbonyl (C=O) groups excluding carboxylic acids is 1. The molecule has 1 aromatic heterocycles. The van der Waals surface area contributed by atoms with E-state index in [9.17, 15) is 4.79 Å². The Balaban J connectivity index is 1.40. The third-order valence-electron chi connectivity index (χ3n) is 7.41. The molecule has 1 saturated carbocycles. The number of esters is 1. The second kappa shape index (κ2) is 15.0. The summed E-state index contributed by atoms with van der Waals surface area (Å²) in [6.07, 6.45) is 20.6. The van der Waals surface area contributed by atoms with E-state index >= 15 is 0 Å². The molecular formula is C31H45NO2. The summed E-state index contributed by atoms with van der Waals surface area (Å²) in [7, 11) is 0. The van der Waals surface area contributed by atoms with Gasteiger partial charge >= 0.3 is 5.97 Å². The van der Waals surface area contributed by atoms with Crippen molar-refractivity contribution in [2.75, 3.05) is 0 Å². The van der Waals surface area contributed by atoms with Crippen molar-refractivity contribution in [1.29, 1.82) is 0 Å². The molecule has 0 unspecified atom stereocenters. The minimum atomic E-state index is -0.0558. The number of carbonyl (C=O) groups is 1. The highest BCUT2D eigenvalue weighted by molar-refractivity contribution is 5.75. The third-order valence-corrected chi connectivity index (χ3v) is 7.41. The SMILES string of the molecule is CCCCCCC[C@H]1CC[C@H](C(=O)Oc2ccc(-c3ccc(CCCCCC)cn3)cc2)CC1. The molecule has 0 aliphatic heterocycles. The highest BCUT2D eigenvalue weighted by atomic mass is 16.5. The molecule has 0 radical (unpaired) electrons. The maximum atomic E-state index is 12.7. The maximum absolute atomic E-state index is 12.7. The van der Waals surface area contributed by atoms with Crippen molar-refractivity contribution in [1.82, 2.24) is 4.98 Å². The zero-order valence-electron chi connectivity index (χ0n) is 21.6. The standard InChI is InChI=1S/C31H45NO2/c1-3-5-7-9-11-12-25-14-17-28(18-15-25)31(33)34-29-21-19-27(20-22-29)30-23-16-26(24-32-30)13-10-8-6-4-2/h16,19-25,28H,3-15,17-18H2,1-2H3/t25-,28-. The van der Waals surface area contributed by atoms with Gasteiger partial charge < -0.3 is 4.74 Å². The Morgan fingerprint density at radius 1 is 0.824 bits per heavy atom. The highest BCUT2D eigenvalue weighted by Crippen LogP contribution is 2.33. The lowest BCUT2D eigenvalue weighted by Crippen LogP contribution is -2.25. The van der Waals surface area contributed by atoms with E-state index < -0.39 is 0 Å². The van der Waals surface area contributed by atoms with Crippen LogP contribution in [-0.2, 0) is 11.2 Å². The molecule has 0 spiro atoms. The van der Waals surface area contributed by atoms with Crippen molar-refractivity contribution >= 4 is 5.97 Å². The van der Waals surface area contributed by atoms with E-state index in [1.54, 1.807) is 0 Å². The van der Waals surface area contributed by atoms with Crippen LogP contribution in [0.1, 0.15) is 109 Å². The van der Waals surface area contributed by atoms with E-state index in [1.807, 2.05) is 30.5 Å². The molecule has 0 amide bonds. The summed E-state index contributed by atoms with van der Waals surface area (Å²) in [5, 5.41) is 0. The molecule has 1 fully saturated rings. The number of aryl methyl sites for hydroxylation is 1. The number of pyridine rings is 1. The van der Waals surface area contributed by atoms with Gasteiger partial charge in [0.25, 0.3) is 0 Å². The Morgan fingerprint density at radius 3 is 2.15 bits per heavy atom. The second-order valence-electron chi connectivity index (χ2n) is 10.2. The molecule has 1 aliphatic rings. The van der Waals surface area contributed by atoms with Crippen molar-refractivity contribution < 1.29 is 9.53 Å². The van der Waals surface area contributed by atoms with Crippen LogP contribution in [0.25, 0.3) is 11.3 Å². The average molecular weight is 464 g/mol. The molecule has 186 valence electrons. The average Bonchev–Trinajstić information content (AvgIpc) is 2.88. The minimum Gasteiger partial charge on any atom is -0.426 e. The zero-order chi connectivity index (χ0) is 24.0. The molecule has 0 N–H and O–H groups in total. The van der Waals surface area contributed by atoms with E-state index in [4.69, 9.17) is 4.74 Å². The number of aromatic nitrogens is 1. The fourth-order valence-electron chi connectivity index (χ4n) is 5.12. The first-order chi connectivity index (χ1) is 16.7. The van der Waals surface area contributed by atoms with Gasteiger partial charge in [-0.25, -0.2) is 0 Å². The van der Waals surface area contributed by atoms with Crippen LogP contribution in [0.15, 0.2) is 42.6 Å². The maximum Gasteiger partial charge on any atom is 0.314 e. The van der Waals surface area contributed by atoms with Gasteiger partial charge in [0.2, 0.25) is 0 Å². The van der Waals surface area contributed by atoms with Crippen molar-refractivity contribution in [2.45, 2.75) is 110 Å². The van der Waals surface area contributed by atoms with E-state index in [1.165, 1.54) is 82.6 Å². The number of unbranched alkanes of at least 4 members (excludes halogenated alkanes) is 7. The second-order valence-corrected chi connectivity index (χ2v) is 10.2. The van der Waals surface area contributed by atoms with Crippen LogP contribution in [0.5, 0.6) is 5.75 Å². The molecular weight excluding hydrogens is 418 g/mol.